The Morgan fingerprint density at radius 3 is 2.50 bits per heavy atom. The van der Waals surface area contributed by atoms with E-state index in [1.165, 1.54) is 0 Å². The normalized spacial score (nSPS) is 10.5. The first-order valence-corrected chi connectivity index (χ1v) is 9.34. The number of nitrogens with two attached hydrogens (primary N) is 1. The monoisotopic (exact) mass is 397 g/mol. The molecule has 0 aliphatic heterocycles. The van der Waals surface area contributed by atoms with Gasteiger partial charge in [-0.3, -0.25) is 9.78 Å². The highest BCUT2D eigenvalue weighted by molar-refractivity contribution is 6.07. The SMILES string of the molecule is NC(=O)Nc1ccc(CNC(=O)c2cc(-c3cccnc3)nc3ccccc23)cc1. The molecule has 4 N–H and O–H groups in total. The molecule has 0 atom stereocenters. The summed E-state index contributed by atoms with van der Waals surface area (Å²) in [5.74, 6) is -0.196. The van der Waals surface area contributed by atoms with E-state index in [0.717, 1.165) is 22.0 Å². The van der Waals surface area contributed by atoms with Crippen LogP contribution in [0.15, 0.2) is 79.1 Å². The maximum absolute atomic E-state index is 13.0. The predicted molar refractivity (Wildman–Crippen MR) is 116 cm³/mol. The number of nitrogens with zero attached hydrogens (tertiary/aromatic N) is 2. The van der Waals surface area contributed by atoms with Crippen LogP contribution in [0.2, 0.25) is 0 Å². The quantitative estimate of drug-likeness (QED) is 0.477. The molecule has 0 bridgehead atoms. The lowest BCUT2D eigenvalue weighted by atomic mass is 10.0. The van der Waals surface area contributed by atoms with E-state index in [0.29, 0.717) is 23.5 Å². The standard InChI is InChI=1S/C23H19N5O2/c24-23(30)27-17-9-7-15(8-10-17)13-26-22(29)19-12-21(16-4-3-11-25-14-16)28-20-6-2-1-5-18(19)20/h1-12,14H,13H2,(H,26,29)(H3,24,27,30). The van der Waals surface area contributed by atoms with Crippen LogP contribution < -0.4 is 16.4 Å². The fourth-order valence-electron chi connectivity index (χ4n) is 3.15. The minimum atomic E-state index is -0.620. The number of nitrogens with one attached hydrogen (secondary N) is 2. The van der Waals surface area contributed by atoms with E-state index < -0.39 is 6.03 Å². The molecule has 0 saturated heterocycles. The van der Waals surface area contributed by atoms with Crippen LogP contribution in [0.1, 0.15) is 15.9 Å². The van der Waals surface area contributed by atoms with Gasteiger partial charge in [0.25, 0.3) is 5.91 Å². The fourth-order valence-corrected chi connectivity index (χ4v) is 3.15. The van der Waals surface area contributed by atoms with Crippen LogP contribution in [0.4, 0.5) is 10.5 Å². The largest absolute Gasteiger partial charge is 0.351 e. The third-order valence-corrected chi connectivity index (χ3v) is 4.59. The van der Waals surface area contributed by atoms with Gasteiger partial charge < -0.3 is 16.4 Å². The van der Waals surface area contributed by atoms with Crippen molar-refractivity contribution >= 4 is 28.5 Å². The highest BCUT2D eigenvalue weighted by Crippen LogP contribution is 2.24. The van der Waals surface area contributed by atoms with Crippen molar-refractivity contribution in [3.63, 3.8) is 0 Å². The molecule has 0 aliphatic rings. The molecule has 0 spiro atoms. The second kappa shape index (κ2) is 8.40. The molecule has 7 nitrogen and oxygen atoms in total. The maximum Gasteiger partial charge on any atom is 0.316 e. The molecule has 2 aromatic carbocycles. The van der Waals surface area contributed by atoms with Crippen molar-refractivity contribution in [1.82, 2.24) is 15.3 Å². The van der Waals surface area contributed by atoms with Gasteiger partial charge in [0, 0.05) is 35.6 Å². The van der Waals surface area contributed by atoms with Crippen LogP contribution in [0, 0.1) is 0 Å². The smallest absolute Gasteiger partial charge is 0.316 e. The highest BCUT2D eigenvalue weighted by Gasteiger charge is 2.14. The number of benzene rings is 2. The van der Waals surface area contributed by atoms with Crippen molar-refractivity contribution < 1.29 is 9.59 Å². The van der Waals surface area contributed by atoms with Crippen LogP contribution in [0.3, 0.4) is 0 Å². The van der Waals surface area contributed by atoms with E-state index in [4.69, 9.17) is 5.73 Å². The van der Waals surface area contributed by atoms with E-state index in [9.17, 15) is 9.59 Å². The van der Waals surface area contributed by atoms with E-state index in [1.807, 2.05) is 48.5 Å². The van der Waals surface area contributed by atoms with E-state index in [-0.39, 0.29) is 5.91 Å². The van der Waals surface area contributed by atoms with Crippen LogP contribution in [-0.4, -0.2) is 21.9 Å². The first-order valence-electron chi connectivity index (χ1n) is 9.34. The number of carbonyl (C=O) groups excluding carboxylic acids is 2. The number of urea groups is 1. The first-order chi connectivity index (χ1) is 14.6. The van der Waals surface area contributed by atoms with E-state index in [2.05, 4.69) is 20.6 Å². The summed E-state index contributed by atoms with van der Waals surface area (Å²) < 4.78 is 0. The summed E-state index contributed by atoms with van der Waals surface area (Å²) in [7, 11) is 0. The number of hydrogen-bond acceptors (Lipinski definition) is 4. The molecule has 0 radical (unpaired) electrons. The molecular weight excluding hydrogens is 378 g/mol. The Bertz CT molecular complexity index is 1210. The van der Waals surface area contributed by atoms with Gasteiger partial charge in [-0.15, -0.1) is 0 Å². The predicted octanol–water partition coefficient (Wildman–Crippen LogP) is 3.72. The van der Waals surface area contributed by atoms with Crippen LogP contribution in [-0.2, 0) is 6.54 Å². The van der Waals surface area contributed by atoms with Crippen molar-refractivity contribution in [2.75, 3.05) is 5.32 Å². The zero-order valence-corrected chi connectivity index (χ0v) is 16.0. The van der Waals surface area contributed by atoms with Gasteiger partial charge in [0.05, 0.1) is 16.8 Å². The third-order valence-electron chi connectivity index (χ3n) is 4.59. The highest BCUT2D eigenvalue weighted by atomic mass is 16.2. The van der Waals surface area contributed by atoms with Gasteiger partial charge in [0.15, 0.2) is 0 Å². The first kappa shape index (κ1) is 19.1. The Balaban J connectivity index is 1.59. The lowest BCUT2D eigenvalue weighted by molar-refractivity contribution is 0.0952. The van der Waals surface area contributed by atoms with Crippen LogP contribution >= 0.6 is 0 Å². The fraction of sp³-hybridized carbons (Fsp3) is 0.0435. The second-order valence-electron chi connectivity index (χ2n) is 6.68. The van der Waals surface area contributed by atoms with Crippen molar-refractivity contribution in [3.05, 3.63) is 90.3 Å². The zero-order valence-electron chi connectivity index (χ0n) is 16.0. The maximum atomic E-state index is 13.0. The molecule has 7 heteroatoms. The van der Waals surface area contributed by atoms with Crippen molar-refractivity contribution in [1.29, 1.82) is 0 Å². The molecule has 4 rings (SSSR count). The number of hydrogen-bond donors (Lipinski definition) is 3. The number of amides is 3. The average molecular weight is 397 g/mol. The Morgan fingerprint density at radius 1 is 0.967 bits per heavy atom. The molecule has 2 aromatic heterocycles. The lowest BCUT2D eigenvalue weighted by Crippen LogP contribution is -2.23. The van der Waals surface area contributed by atoms with E-state index >= 15 is 0 Å². The summed E-state index contributed by atoms with van der Waals surface area (Å²) >= 11 is 0. The minimum absolute atomic E-state index is 0.196. The summed E-state index contributed by atoms with van der Waals surface area (Å²) in [6.45, 7) is 0.342. The number of primary amides is 1. The second-order valence-corrected chi connectivity index (χ2v) is 6.68. The van der Waals surface area contributed by atoms with Crippen LogP contribution in [0.25, 0.3) is 22.2 Å². The molecule has 0 saturated carbocycles. The number of fused-ring (bicyclic) bond motifs is 1. The van der Waals surface area contributed by atoms with Gasteiger partial charge in [-0.25, -0.2) is 9.78 Å². The summed E-state index contributed by atoms with van der Waals surface area (Å²) in [6, 6.07) is 19.6. The van der Waals surface area contributed by atoms with Gasteiger partial charge in [-0.05, 0) is 42.0 Å². The molecule has 0 unspecified atom stereocenters. The van der Waals surface area contributed by atoms with Crippen molar-refractivity contribution in [2.24, 2.45) is 5.73 Å². The Labute approximate surface area is 173 Å². The topological polar surface area (TPSA) is 110 Å². The van der Waals surface area contributed by atoms with Crippen LogP contribution in [0.5, 0.6) is 0 Å². The molecule has 2 heterocycles. The number of anilines is 1. The Hall–Kier alpha value is -4.26. The summed E-state index contributed by atoms with van der Waals surface area (Å²) in [5, 5.41) is 6.24. The summed E-state index contributed by atoms with van der Waals surface area (Å²) in [5.41, 5.74) is 9.42. The zero-order chi connectivity index (χ0) is 20.9. The molecule has 3 amide bonds. The number of pyridine rings is 2. The Morgan fingerprint density at radius 2 is 1.77 bits per heavy atom. The molecule has 0 fully saturated rings. The number of para-hydroxylation sites is 1. The molecule has 148 valence electrons. The van der Waals surface area contributed by atoms with Gasteiger partial charge in [-0.1, -0.05) is 30.3 Å². The van der Waals surface area contributed by atoms with E-state index in [1.54, 1.807) is 30.6 Å². The van der Waals surface area contributed by atoms with Gasteiger partial charge in [-0.2, -0.15) is 0 Å². The van der Waals surface area contributed by atoms with Crippen molar-refractivity contribution in [2.45, 2.75) is 6.54 Å². The van der Waals surface area contributed by atoms with Gasteiger partial charge >= 0.3 is 6.03 Å². The molecule has 4 aromatic rings. The number of aromatic nitrogens is 2. The Kier molecular flexibility index (Phi) is 5.34. The molecular formula is C23H19N5O2. The molecule has 0 aliphatic carbocycles. The van der Waals surface area contributed by atoms with Crippen molar-refractivity contribution in [3.8, 4) is 11.3 Å². The lowest BCUT2D eigenvalue weighted by Gasteiger charge is -2.11. The summed E-state index contributed by atoms with van der Waals surface area (Å²) in [4.78, 5) is 32.7. The number of carbonyl (C=O) groups is 2. The van der Waals surface area contributed by atoms with Gasteiger partial charge in [0.1, 0.15) is 0 Å². The minimum Gasteiger partial charge on any atom is -0.351 e. The van der Waals surface area contributed by atoms with Gasteiger partial charge in [0.2, 0.25) is 0 Å². The average Bonchev–Trinajstić information content (AvgIpc) is 2.78. The third kappa shape index (κ3) is 4.25. The summed E-state index contributed by atoms with van der Waals surface area (Å²) in [6.07, 6.45) is 3.42. The number of rotatable bonds is 5. The molecule has 30 heavy (non-hydrogen) atoms.